The van der Waals surface area contributed by atoms with Gasteiger partial charge in [0.1, 0.15) is 18.2 Å². The van der Waals surface area contributed by atoms with Crippen LogP contribution in [0.1, 0.15) is 36.6 Å². The molecule has 0 spiro atoms. The van der Waals surface area contributed by atoms with E-state index in [-0.39, 0.29) is 23.6 Å². The summed E-state index contributed by atoms with van der Waals surface area (Å²) in [7, 11) is 0. The van der Waals surface area contributed by atoms with E-state index in [9.17, 15) is 9.59 Å². The highest BCUT2D eigenvalue weighted by Crippen LogP contribution is 2.43. The highest BCUT2D eigenvalue weighted by atomic mass is 16.5. The summed E-state index contributed by atoms with van der Waals surface area (Å²) >= 11 is 0. The molecule has 5 heterocycles. The highest BCUT2D eigenvalue weighted by Gasteiger charge is 2.35. The van der Waals surface area contributed by atoms with Gasteiger partial charge in [0.2, 0.25) is 5.91 Å². The molecule has 0 radical (unpaired) electrons. The lowest BCUT2D eigenvalue weighted by molar-refractivity contribution is -0.126. The summed E-state index contributed by atoms with van der Waals surface area (Å²) in [6.45, 7) is 13.7. The molecule has 3 aromatic heterocycles. The molecule has 1 atom stereocenters. The van der Waals surface area contributed by atoms with Crippen molar-refractivity contribution in [3.05, 3.63) is 82.7 Å². The average Bonchev–Trinajstić information content (AvgIpc) is 3.41. The summed E-state index contributed by atoms with van der Waals surface area (Å²) in [5.41, 5.74) is 6.74. The maximum atomic E-state index is 14.2. The van der Waals surface area contributed by atoms with E-state index in [4.69, 9.17) is 14.7 Å². The smallest absolute Gasteiger partial charge is 0.354 e. The van der Waals surface area contributed by atoms with Crippen LogP contribution in [0.3, 0.4) is 0 Å². The van der Waals surface area contributed by atoms with E-state index in [1.807, 2.05) is 31.3 Å². The van der Waals surface area contributed by atoms with Gasteiger partial charge >= 0.3 is 5.69 Å². The molecule has 43 heavy (non-hydrogen) atoms. The van der Waals surface area contributed by atoms with E-state index in [1.165, 1.54) is 6.08 Å². The van der Waals surface area contributed by atoms with Gasteiger partial charge in [-0.25, -0.2) is 4.79 Å². The number of fused-ring (bicyclic) bond motifs is 3. The van der Waals surface area contributed by atoms with E-state index in [0.29, 0.717) is 43.3 Å². The Labute approximate surface area is 248 Å². The Hall–Kier alpha value is -4.99. The molecule has 10 heteroatoms. The predicted molar refractivity (Wildman–Crippen MR) is 167 cm³/mol. The zero-order chi connectivity index (χ0) is 30.0. The molecule has 2 aliphatic heterocycles. The number of benzene rings is 2. The van der Waals surface area contributed by atoms with Gasteiger partial charge in [-0.1, -0.05) is 26.5 Å². The minimum absolute atomic E-state index is 0.0768. The van der Waals surface area contributed by atoms with Crippen molar-refractivity contribution in [1.29, 1.82) is 0 Å². The minimum atomic E-state index is -0.382. The second-order valence-corrected chi connectivity index (χ2v) is 11.7. The van der Waals surface area contributed by atoms with Crippen molar-refractivity contribution in [2.45, 2.75) is 39.7 Å². The van der Waals surface area contributed by atoms with Crippen molar-refractivity contribution in [1.82, 2.24) is 29.6 Å². The van der Waals surface area contributed by atoms with Crippen molar-refractivity contribution in [2.24, 2.45) is 0 Å². The number of nitrogens with zero attached hydrogens (tertiary/aromatic N) is 6. The zero-order valence-electron chi connectivity index (χ0n) is 24.7. The van der Waals surface area contributed by atoms with Crippen molar-refractivity contribution < 1.29 is 9.53 Å². The number of ether oxygens (including phenoxy) is 1. The van der Waals surface area contributed by atoms with Crippen molar-refractivity contribution in [3.8, 4) is 22.6 Å². The average molecular weight is 576 g/mol. The quantitative estimate of drug-likeness (QED) is 0.311. The molecular formula is C33H33N7O3. The molecule has 7 rings (SSSR count). The van der Waals surface area contributed by atoms with Crippen molar-refractivity contribution >= 4 is 33.5 Å². The molecule has 2 aromatic carbocycles. The molecule has 1 amide bonds. The second kappa shape index (κ2) is 10.1. The van der Waals surface area contributed by atoms with Crippen LogP contribution < -0.4 is 15.3 Å². The number of rotatable bonds is 4. The number of anilines is 1. The fourth-order valence-corrected chi connectivity index (χ4v) is 6.57. The summed E-state index contributed by atoms with van der Waals surface area (Å²) in [5.74, 6) is 1.19. The van der Waals surface area contributed by atoms with Gasteiger partial charge in [0.25, 0.3) is 0 Å². The van der Waals surface area contributed by atoms with Crippen LogP contribution in [-0.4, -0.2) is 67.8 Å². The van der Waals surface area contributed by atoms with E-state index in [0.717, 1.165) is 49.9 Å². The molecule has 1 saturated heterocycles. The first-order chi connectivity index (χ1) is 20.8. The Bertz CT molecular complexity index is 2010. The third-order valence-corrected chi connectivity index (χ3v) is 8.66. The second-order valence-electron chi connectivity index (χ2n) is 11.7. The molecule has 0 aliphatic carbocycles. The number of nitrogens with one attached hydrogen (secondary N) is 1. The van der Waals surface area contributed by atoms with Crippen molar-refractivity contribution in [2.75, 3.05) is 31.1 Å². The lowest BCUT2D eigenvalue weighted by Gasteiger charge is -2.40. The largest absolute Gasteiger partial charge is 0.490 e. The number of hydrogen-bond donors (Lipinski definition) is 1. The number of piperazine rings is 1. The first kappa shape index (κ1) is 26.9. The number of amides is 1. The van der Waals surface area contributed by atoms with E-state index in [2.05, 4.69) is 54.6 Å². The maximum absolute atomic E-state index is 14.2. The summed E-state index contributed by atoms with van der Waals surface area (Å²) in [5, 5.41) is 9.13. The maximum Gasteiger partial charge on any atom is 0.354 e. The third kappa shape index (κ3) is 4.19. The van der Waals surface area contributed by atoms with Crippen LogP contribution in [-0.2, 0) is 4.79 Å². The molecule has 1 N–H and O–H groups in total. The van der Waals surface area contributed by atoms with Gasteiger partial charge in [-0.15, -0.1) is 0 Å². The van der Waals surface area contributed by atoms with Gasteiger partial charge in [0.15, 0.2) is 0 Å². The van der Waals surface area contributed by atoms with Gasteiger partial charge in [-0.2, -0.15) is 10.1 Å². The van der Waals surface area contributed by atoms with Gasteiger partial charge in [-0.3, -0.25) is 19.4 Å². The van der Waals surface area contributed by atoms with Crippen LogP contribution in [0.25, 0.3) is 38.6 Å². The molecule has 1 fully saturated rings. The number of carbonyl (C=O) groups excluding carboxylic acids is 1. The Balaban J connectivity index is 1.55. The summed E-state index contributed by atoms with van der Waals surface area (Å²) in [6.07, 6.45) is 4.96. The number of pyridine rings is 1. The van der Waals surface area contributed by atoms with Crippen LogP contribution in [0.2, 0.25) is 0 Å². The fourth-order valence-electron chi connectivity index (χ4n) is 6.57. The Morgan fingerprint density at radius 1 is 1.16 bits per heavy atom. The first-order valence-electron chi connectivity index (χ1n) is 14.6. The number of H-pyrrole nitrogens is 1. The monoisotopic (exact) mass is 575 g/mol. The van der Waals surface area contributed by atoms with Crippen LogP contribution in [0, 0.1) is 13.8 Å². The summed E-state index contributed by atoms with van der Waals surface area (Å²) in [6, 6.07) is 9.95. The zero-order valence-corrected chi connectivity index (χ0v) is 24.7. The predicted octanol–water partition coefficient (Wildman–Crippen LogP) is 4.66. The van der Waals surface area contributed by atoms with Crippen LogP contribution >= 0.6 is 0 Å². The Morgan fingerprint density at radius 3 is 2.79 bits per heavy atom. The number of aryl methyl sites for hydroxylation is 2. The lowest BCUT2D eigenvalue weighted by atomic mass is 9.95. The molecule has 2 aliphatic rings. The SMILES string of the molecule is C=CC(=O)N1CCN2c3nc(=O)n(-c4c(C)ccnc4C(C)C)c4cc(-c5c(C)ccc6[nH]ncc56)cc(c34)OC[C@@H]2C1. The van der Waals surface area contributed by atoms with Gasteiger partial charge < -0.3 is 14.5 Å². The van der Waals surface area contributed by atoms with Gasteiger partial charge in [-0.05, 0) is 72.4 Å². The fraction of sp³-hybridized carbons (Fsp3) is 0.303. The van der Waals surface area contributed by atoms with E-state index >= 15 is 0 Å². The van der Waals surface area contributed by atoms with Crippen LogP contribution in [0.5, 0.6) is 5.75 Å². The van der Waals surface area contributed by atoms with Crippen LogP contribution in [0.4, 0.5) is 5.82 Å². The standard InChI is InChI=1S/C33H33N7O3/c1-6-27(41)38-11-12-39-22(16-38)17-43-26-14-21(28-19(4)7-8-24-23(28)15-35-37-24)13-25-29(26)32(39)36-33(42)40(25)31-20(5)9-10-34-30(31)18(2)3/h6-10,13-15,18,22H,1,11-12,16-17H2,2-5H3,(H,35,37)/t22-/m0/s1. The van der Waals surface area contributed by atoms with E-state index in [1.54, 1.807) is 15.7 Å². The van der Waals surface area contributed by atoms with Gasteiger partial charge in [0, 0.05) is 31.2 Å². The highest BCUT2D eigenvalue weighted by molar-refractivity contribution is 6.03. The molecule has 10 nitrogen and oxygen atoms in total. The third-order valence-electron chi connectivity index (χ3n) is 8.66. The normalized spacial score (nSPS) is 16.3. The molecule has 0 bridgehead atoms. The number of hydrogen-bond acceptors (Lipinski definition) is 7. The molecule has 0 unspecified atom stereocenters. The summed E-state index contributed by atoms with van der Waals surface area (Å²) in [4.78, 5) is 40.1. The van der Waals surface area contributed by atoms with Crippen LogP contribution in [0.15, 0.2) is 60.2 Å². The number of carbonyl (C=O) groups is 1. The molecule has 5 aromatic rings. The van der Waals surface area contributed by atoms with Gasteiger partial charge in [0.05, 0.1) is 40.0 Å². The lowest BCUT2D eigenvalue weighted by Crippen LogP contribution is -2.56. The molecular weight excluding hydrogens is 542 g/mol. The van der Waals surface area contributed by atoms with Crippen molar-refractivity contribution in [3.63, 3.8) is 0 Å². The summed E-state index contributed by atoms with van der Waals surface area (Å²) < 4.78 is 8.29. The Kier molecular flexibility index (Phi) is 6.30. The Morgan fingerprint density at radius 2 is 2.00 bits per heavy atom. The number of aromatic nitrogens is 5. The molecule has 218 valence electrons. The minimum Gasteiger partial charge on any atom is -0.490 e. The topological polar surface area (TPSA) is 109 Å². The molecule has 0 saturated carbocycles. The van der Waals surface area contributed by atoms with E-state index < -0.39 is 0 Å². The first-order valence-corrected chi connectivity index (χ1v) is 14.6. The number of aromatic amines is 1.